The van der Waals surface area contributed by atoms with Crippen molar-refractivity contribution in [1.82, 2.24) is 14.7 Å². The number of fused-ring (bicyclic) bond motifs is 1. The van der Waals surface area contributed by atoms with Crippen molar-refractivity contribution in [1.29, 1.82) is 0 Å². The van der Waals surface area contributed by atoms with Gasteiger partial charge in [-0.05, 0) is 50.1 Å². The van der Waals surface area contributed by atoms with Crippen LogP contribution >= 0.6 is 0 Å². The van der Waals surface area contributed by atoms with Gasteiger partial charge in [-0.15, -0.1) is 0 Å². The SMILES string of the molecule is CCOc1ccc([C@H](C)NCc2cc(=O)n3cc(C)ccc3n2)cc1. The molecule has 0 amide bonds. The Morgan fingerprint density at radius 1 is 1.20 bits per heavy atom. The van der Waals surface area contributed by atoms with Crippen LogP contribution in [0.1, 0.15) is 36.7 Å². The number of rotatable bonds is 6. The van der Waals surface area contributed by atoms with Gasteiger partial charge in [-0.25, -0.2) is 4.98 Å². The number of hydrogen-bond acceptors (Lipinski definition) is 4. The van der Waals surface area contributed by atoms with E-state index < -0.39 is 0 Å². The van der Waals surface area contributed by atoms with Crippen LogP contribution in [0.4, 0.5) is 0 Å². The molecule has 0 fully saturated rings. The summed E-state index contributed by atoms with van der Waals surface area (Å²) in [6.45, 7) is 7.22. The molecule has 0 saturated heterocycles. The van der Waals surface area contributed by atoms with Gasteiger partial charge in [0.15, 0.2) is 0 Å². The van der Waals surface area contributed by atoms with E-state index in [2.05, 4.69) is 17.2 Å². The average molecular weight is 337 g/mol. The molecule has 0 saturated carbocycles. The highest BCUT2D eigenvalue weighted by Crippen LogP contribution is 2.18. The van der Waals surface area contributed by atoms with E-state index in [0.717, 1.165) is 22.6 Å². The first kappa shape index (κ1) is 17.2. The van der Waals surface area contributed by atoms with E-state index in [0.29, 0.717) is 18.8 Å². The summed E-state index contributed by atoms with van der Waals surface area (Å²) < 4.78 is 7.04. The Bertz CT molecular complexity index is 916. The first-order valence-electron chi connectivity index (χ1n) is 8.52. The summed E-state index contributed by atoms with van der Waals surface area (Å²) in [4.78, 5) is 16.8. The summed E-state index contributed by atoms with van der Waals surface area (Å²) in [5, 5.41) is 3.42. The molecule has 0 unspecified atom stereocenters. The molecule has 0 bridgehead atoms. The second kappa shape index (κ2) is 7.49. The van der Waals surface area contributed by atoms with Crippen molar-refractivity contribution >= 4 is 5.65 Å². The van der Waals surface area contributed by atoms with Crippen LogP contribution in [0.15, 0.2) is 53.5 Å². The fourth-order valence-corrected chi connectivity index (χ4v) is 2.74. The number of benzene rings is 1. The van der Waals surface area contributed by atoms with Crippen LogP contribution in [0.5, 0.6) is 5.75 Å². The number of hydrogen-bond donors (Lipinski definition) is 1. The zero-order chi connectivity index (χ0) is 17.8. The van der Waals surface area contributed by atoms with E-state index in [-0.39, 0.29) is 11.6 Å². The Kier molecular flexibility index (Phi) is 5.14. The summed E-state index contributed by atoms with van der Waals surface area (Å²) in [6, 6.07) is 13.6. The molecule has 25 heavy (non-hydrogen) atoms. The van der Waals surface area contributed by atoms with Gasteiger partial charge in [-0.2, -0.15) is 0 Å². The minimum Gasteiger partial charge on any atom is -0.494 e. The van der Waals surface area contributed by atoms with Crippen LogP contribution in [0, 0.1) is 6.92 Å². The van der Waals surface area contributed by atoms with Crippen molar-refractivity contribution in [3.8, 4) is 5.75 Å². The Morgan fingerprint density at radius 2 is 1.96 bits per heavy atom. The lowest BCUT2D eigenvalue weighted by atomic mass is 10.1. The number of nitrogens with one attached hydrogen (secondary N) is 1. The maximum atomic E-state index is 12.2. The van der Waals surface area contributed by atoms with Gasteiger partial charge in [-0.3, -0.25) is 9.20 Å². The van der Waals surface area contributed by atoms with E-state index >= 15 is 0 Å². The van der Waals surface area contributed by atoms with Crippen LogP contribution in [-0.4, -0.2) is 16.0 Å². The third kappa shape index (κ3) is 4.06. The highest BCUT2D eigenvalue weighted by Gasteiger charge is 2.07. The van der Waals surface area contributed by atoms with Gasteiger partial charge in [0.25, 0.3) is 5.56 Å². The Balaban J connectivity index is 1.71. The lowest BCUT2D eigenvalue weighted by Gasteiger charge is -2.15. The molecule has 1 N–H and O–H groups in total. The van der Waals surface area contributed by atoms with Crippen LogP contribution in [0.2, 0.25) is 0 Å². The van der Waals surface area contributed by atoms with Gasteiger partial charge < -0.3 is 10.1 Å². The van der Waals surface area contributed by atoms with Crippen molar-refractivity contribution in [2.75, 3.05) is 6.61 Å². The van der Waals surface area contributed by atoms with Crippen LogP contribution < -0.4 is 15.6 Å². The van der Waals surface area contributed by atoms with E-state index in [1.54, 1.807) is 10.5 Å². The van der Waals surface area contributed by atoms with Gasteiger partial charge in [0.05, 0.1) is 12.3 Å². The molecular formula is C20H23N3O2. The molecule has 1 aromatic carbocycles. The maximum absolute atomic E-state index is 12.2. The second-order valence-corrected chi connectivity index (χ2v) is 6.13. The summed E-state index contributed by atoms with van der Waals surface area (Å²) in [5.41, 5.74) is 3.55. The predicted octanol–water partition coefficient (Wildman–Crippen LogP) is 3.25. The fraction of sp³-hybridized carbons (Fsp3) is 0.300. The van der Waals surface area contributed by atoms with Crippen molar-refractivity contribution in [3.63, 3.8) is 0 Å². The molecule has 1 atom stereocenters. The molecule has 2 aromatic heterocycles. The van der Waals surface area contributed by atoms with Crippen molar-refractivity contribution < 1.29 is 4.74 Å². The van der Waals surface area contributed by atoms with Crippen LogP contribution in [0.25, 0.3) is 5.65 Å². The average Bonchev–Trinajstić information content (AvgIpc) is 2.61. The fourth-order valence-electron chi connectivity index (χ4n) is 2.74. The third-order valence-corrected chi connectivity index (χ3v) is 4.14. The van der Waals surface area contributed by atoms with Gasteiger partial charge >= 0.3 is 0 Å². The lowest BCUT2D eigenvalue weighted by molar-refractivity contribution is 0.340. The topological polar surface area (TPSA) is 55.6 Å². The molecule has 2 heterocycles. The predicted molar refractivity (Wildman–Crippen MR) is 99.1 cm³/mol. The molecule has 5 heteroatoms. The van der Waals surface area contributed by atoms with E-state index in [1.165, 1.54) is 0 Å². The largest absolute Gasteiger partial charge is 0.494 e. The minimum absolute atomic E-state index is 0.0563. The standard InChI is InChI=1S/C20H23N3O2/c1-4-25-18-8-6-16(7-9-18)15(3)21-12-17-11-20(24)23-13-14(2)5-10-19(23)22-17/h5-11,13,15,21H,4,12H2,1-3H3/t15-/m0/s1. The minimum atomic E-state index is -0.0563. The zero-order valence-corrected chi connectivity index (χ0v) is 14.8. The monoisotopic (exact) mass is 337 g/mol. The zero-order valence-electron chi connectivity index (χ0n) is 14.8. The number of aromatic nitrogens is 2. The summed E-state index contributed by atoms with van der Waals surface area (Å²) in [5.74, 6) is 0.873. The second-order valence-electron chi connectivity index (χ2n) is 6.13. The smallest absolute Gasteiger partial charge is 0.258 e. The molecule has 3 aromatic rings. The van der Waals surface area contributed by atoms with Crippen molar-refractivity contribution in [2.24, 2.45) is 0 Å². The molecule has 0 aliphatic heterocycles. The molecular weight excluding hydrogens is 314 g/mol. The van der Waals surface area contributed by atoms with E-state index in [1.807, 2.05) is 56.4 Å². The van der Waals surface area contributed by atoms with Crippen molar-refractivity contribution in [2.45, 2.75) is 33.4 Å². The first-order chi connectivity index (χ1) is 12.1. The molecule has 0 aliphatic carbocycles. The van der Waals surface area contributed by atoms with Crippen LogP contribution in [0.3, 0.4) is 0 Å². The first-order valence-corrected chi connectivity index (χ1v) is 8.52. The Labute approximate surface area is 147 Å². The third-order valence-electron chi connectivity index (χ3n) is 4.14. The van der Waals surface area contributed by atoms with E-state index in [9.17, 15) is 4.79 Å². The van der Waals surface area contributed by atoms with Crippen LogP contribution in [-0.2, 0) is 6.54 Å². The van der Waals surface area contributed by atoms with E-state index in [4.69, 9.17) is 4.74 Å². The van der Waals surface area contributed by atoms with Crippen molar-refractivity contribution in [3.05, 3.63) is 75.8 Å². The number of nitrogens with zero attached hydrogens (tertiary/aromatic N) is 2. The quantitative estimate of drug-likeness (QED) is 0.750. The molecule has 0 radical (unpaired) electrons. The van der Waals surface area contributed by atoms with Gasteiger partial charge in [0, 0.05) is 24.8 Å². The molecule has 3 rings (SSSR count). The highest BCUT2D eigenvalue weighted by molar-refractivity contribution is 5.40. The number of pyridine rings is 1. The number of ether oxygens (including phenoxy) is 1. The van der Waals surface area contributed by atoms with Gasteiger partial charge in [0.1, 0.15) is 11.4 Å². The van der Waals surface area contributed by atoms with Gasteiger partial charge in [0.2, 0.25) is 0 Å². The summed E-state index contributed by atoms with van der Waals surface area (Å²) in [6.07, 6.45) is 1.81. The Hall–Kier alpha value is -2.66. The highest BCUT2D eigenvalue weighted by atomic mass is 16.5. The molecule has 130 valence electrons. The Morgan fingerprint density at radius 3 is 2.68 bits per heavy atom. The van der Waals surface area contributed by atoms with Gasteiger partial charge in [-0.1, -0.05) is 18.2 Å². The normalized spacial score (nSPS) is 12.3. The lowest BCUT2D eigenvalue weighted by Crippen LogP contribution is -2.22. The molecule has 5 nitrogen and oxygen atoms in total. The molecule has 0 aliphatic rings. The number of aryl methyl sites for hydroxylation is 1. The molecule has 0 spiro atoms. The summed E-state index contributed by atoms with van der Waals surface area (Å²) >= 11 is 0. The summed E-state index contributed by atoms with van der Waals surface area (Å²) in [7, 11) is 0. The maximum Gasteiger partial charge on any atom is 0.258 e.